The third kappa shape index (κ3) is 2.51. The van der Waals surface area contributed by atoms with Crippen molar-refractivity contribution in [2.75, 3.05) is 20.6 Å². The molecule has 1 heterocycles. The van der Waals surface area contributed by atoms with Gasteiger partial charge >= 0.3 is 0 Å². The van der Waals surface area contributed by atoms with E-state index in [1.54, 1.807) is 0 Å². The molecule has 1 aliphatic rings. The van der Waals surface area contributed by atoms with Crippen molar-refractivity contribution in [3.63, 3.8) is 0 Å². The molecule has 0 spiro atoms. The van der Waals surface area contributed by atoms with Gasteiger partial charge in [0.2, 0.25) is 0 Å². The zero-order valence-electron chi connectivity index (χ0n) is 10.1. The fourth-order valence-corrected chi connectivity index (χ4v) is 2.03. The molecule has 0 radical (unpaired) electrons. The quantitative estimate of drug-likeness (QED) is 0.822. The van der Waals surface area contributed by atoms with Gasteiger partial charge in [0.25, 0.3) is 0 Å². The molecule has 88 valence electrons. The van der Waals surface area contributed by atoms with Gasteiger partial charge in [-0.2, -0.15) is 0 Å². The van der Waals surface area contributed by atoms with E-state index in [-0.39, 0.29) is 0 Å². The molecule has 0 fully saturated rings. The van der Waals surface area contributed by atoms with Crippen molar-refractivity contribution < 1.29 is 0 Å². The standard InChI is InChI=1S/C12H20N4/c1-15(2)5-6-16-9-14-8-12(16)10-3-4-11(13)7-10/h3,8-9,11H,4-7,13H2,1-2H3. The lowest BCUT2D eigenvalue weighted by atomic mass is 10.1. The summed E-state index contributed by atoms with van der Waals surface area (Å²) < 4.78 is 2.21. The van der Waals surface area contributed by atoms with Crippen LogP contribution in [0.2, 0.25) is 0 Å². The summed E-state index contributed by atoms with van der Waals surface area (Å²) in [6, 6.07) is 0.298. The minimum absolute atomic E-state index is 0.298. The van der Waals surface area contributed by atoms with Crippen molar-refractivity contribution in [3.8, 4) is 0 Å². The van der Waals surface area contributed by atoms with Gasteiger partial charge in [-0.05, 0) is 32.5 Å². The fraction of sp³-hybridized carbons (Fsp3) is 0.583. The summed E-state index contributed by atoms with van der Waals surface area (Å²) in [6.07, 6.45) is 8.07. The number of imidazole rings is 1. The predicted molar refractivity (Wildman–Crippen MR) is 66.0 cm³/mol. The first-order valence-corrected chi connectivity index (χ1v) is 5.76. The number of rotatable bonds is 4. The Morgan fingerprint density at radius 2 is 2.38 bits per heavy atom. The van der Waals surface area contributed by atoms with Crippen molar-refractivity contribution >= 4 is 5.57 Å². The van der Waals surface area contributed by atoms with Crippen LogP contribution < -0.4 is 5.73 Å². The van der Waals surface area contributed by atoms with Gasteiger partial charge in [0.1, 0.15) is 0 Å². The molecule has 1 unspecified atom stereocenters. The molecule has 0 bridgehead atoms. The van der Waals surface area contributed by atoms with Crippen LogP contribution in [-0.2, 0) is 6.54 Å². The zero-order valence-corrected chi connectivity index (χ0v) is 10.1. The normalized spacial score (nSPS) is 20.5. The Morgan fingerprint density at radius 1 is 1.56 bits per heavy atom. The van der Waals surface area contributed by atoms with Crippen LogP contribution in [0.15, 0.2) is 18.6 Å². The summed E-state index contributed by atoms with van der Waals surface area (Å²) in [5, 5.41) is 0. The first kappa shape index (κ1) is 11.4. The molecule has 1 aromatic rings. The van der Waals surface area contributed by atoms with E-state index < -0.39 is 0 Å². The Bertz CT molecular complexity index is 378. The van der Waals surface area contributed by atoms with E-state index in [9.17, 15) is 0 Å². The number of hydrogen-bond donors (Lipinski definition) is 1. The molecule has 0 saturated heterocycles. The highest BCUT2D eigenvalue weighted by Crippen LogP contribution is 2.26. The molecule has 1 atom stereocenters. The van der Waals surface area contributed by atoms with Crippen LogP contribution in [0.5, 0.6) is 0 Å². The molecule has 4 heteroatoms. The van der Waals surface area contributed by atoms with Crippen LogP contribution in [0.1, 0.15) is 18.5 Å². The lowest BCUT2D eigenvalue weighted by Gasteiger charge is -2.13. The summed E-state index contributed by atoms with van der Waals surface area (Å²) >= 11 is 0. The van der Waals surface area contributed by atoms with Gasteiger partial charge in [-0.25, -0.2) is 4.98 Å². The first-order chi connectivity index (χ1) is 7.66. The molecule has 2 rings (SSSR count). The molecule has 0 aromatic carbocycles. The third-order valence-electron chi connectivity index (χ3n) is 2.98. The molecule has 16 heavy (non-hydrogen) atoms. The summed E-state index contributed by atoms with van der Waals surface area (Å²) in [7, 11) is 4.17. The van der Waals surface area contributed by atoms with Crippen LogP contribution in [0.3, 0.4) is 0 Å². The van der Waals surface area contributed by atoms with Crippen LogP contribution in [0.25, 0.3) is 5.57 Å². The number of nitrogens with two attached hydrogens (primary N) is 1. The van der Waals surface area contributed by atoms with Crippen LogP contribution >= 0.6 is 0 Å². The molecule has 1 aliphatic carbocycles. The molecule has 0 saturated carbocycles. The third-order valence-corrected chi connectivity index (χ3v) is 2.98. The number of nitrogens with zero attached hydrogens (tertiary/aromatic N) is 3. The van der Waals surface area contributed by atoms with Crippen LogP contribution in [0.4, 0.5) is 0 Å². The van der Waals surface area contributed by atoms with E-state index in [1.807, 2.05) is 12.5 Å². The highest BCUT2D eigenvalue weighted by molar-refractivity contribution is 5.65. The van der Waals surface area contributed by atoms with Gasteiger partial charge in [-0.3, -0.25) is 0 Å². The minimum Gasteiger partial charge on any atom is -0.330 e. The van der Waals surface area contributed by atoms with Crippen molar-refractivity contribution in [2.45, 2.75) is 25.4 Å². The maximum absolute atomic E-state index is 5.91. The largest absolute Gasteiger partial charge is 0.330 e. The second-order valence-electron chi connectivity index (χ2n) is 4.70. The van der Waals surface area contributed by atoms with E-state index in [4.69, 9.17) is 5.73 Å². The topological polar surface area (TPSA) is 47.1 Å². The summed E-state index contributed by atoms with van der Waals surface area (Å²) in [4.78, 5) is 6.41. The molecule has 1 aromatic heterocycles. The van der Waals surface area contributed by atoms with E-state index in [1.165, 1.54) is 11.3 Å². The maximum Gasteiger partial charge on any atom is 0.0951 e. The van der Waals surface area contributed by atoms with Crippen molar-refractivity contribution in [2.24, 2.45) is 5.73 Å². The Morgan fingerprint density at radius 3 is 3.00 bits per heavy atom. The van der Waals surface area contributed by atoms with Crippen molar-refractivity contribution in [3.05, 3.63) is 24.3 Å². The van der Waals surface area contributed by atoms with E-state index in [2.05, 4.69) is 34.6 Å². The van der Waals surface area contributed by atoms with Crippen molar-refractivity contribution in [1.82, 2.24) is 14.5 Å². The van der Waals surface area contributed by atoms with Crippen LogP contribution in [-0.4, -0.2) is 41.1 Å². The average Bonchev–Trinajstić information content (AvgIpc) is 2.82. The average molecular weight is 220 g/mol. The molecule has 4 nitrogen and oxygen atoms in total. The number of hydrogen-bond acceptors (Lipinski definition) is 3. The highest BCUT2D eigenvalue weighted by atomic mass is 15.1. The molecule has 2 N–H and O–H groups in total. The lowest BCUT2D eigenvalue weighted by molar-refractivity contribution is 0.383. The summed E-state index contributed by atoms with van der Waals surface area (Å²) in [5.41, 5.74) is 8.50. The van der Waals surface area contributed by atoms with Gasteiger partial charge < -0.3 is 15.2 Å². The zero-order chi connectivity index (χ0) is 11.5. The number of aromatic nitrogens is 2. The molecular formula is C12H20N4. The Hall–Kier alpha value is -1.13. The van der Waals surface area contributed by atoms with Gasteiger partial charge in [-0.15, -0.1) is 0 Å². The van der Waals surface area contributed by atoms with E-state index in [0.29, 0.717) is 6.04 Å². The summed E-state index contributed by atoms with van der Waals surface area (Å²) in [5.74, 6) is 0. The monoisotopic (exact) mass is 220 g/mol. The second-order valence-corrected chi connectivity index (χ2v) is 4.70. The first-order valence-electron chi connectivity index (χ1n) is 5.76. The van der Waals surface area contributed by atoms with Gasteiger partial charge in [0, 0.05) is 19.1 Å². The van der Waals surface area contributed by atoms with Gasteiger partial charge in [0.15, 0.2) is 0 Å². The summed E-state index contributed by atoms with van der Waals surface area (Å²) in [6.45, 7) is 2.01. The Labute approximate surface area is 96.8 Å². The van der Waals surface area contributed by atoms with E-state index >= 15 is 0 Å². The highest BCUT2D eigenvalue weighted by Gasteiger charge is 2.17. The van der Waals surface area contributed by atoms with E-state index in [0.717, 1.165) is 25.9 Å². The SMILES string of the molecule is CN(C)CCn1cncc1C1=CCC(N)C1. The molecule has 0 aliphatic heterocycles. The molecular weight excluding hydrogens is 200 g/mol. The van der Waals surface area contributed by atoms with Gasteiger partial charge in [-0.1, -0.05) is 6.08 Å². The van der Waals surface area contributed by atoms with Crippen molar-refractivity contribution in [1.29, 1.82) is 0 Å². The second kappa shape index (κ2) is 4.80. The van der Waals surface area contributed by atoms with Crippen LogP contribution in [0, 0.1) is 0 Å². The fourth-order valence-electron chi connectivity index (χ4n) is 2.03. The maximum atomic E-state index is 5.91. The smallest absolute Gasteiger partial charge is 0.0951 e. The number of likely N-dealkylation sites (N-methyl/N-ethyl adjacent to an activating group) is 1. The Kier molecular flexibility index (Phi) is 3.41. The Balaban J connectivity index is 2.07. The molecule has 0 amide bonds. The lowest BCUT2D eigenvalue weighted by Crippen LogP contribution is -2.19. The predicted octanol–water partition coefficient (Wildman–Crippen LogP) is 0.949. The minimum atomic E-state index is 0.298. The van der Waals surface area contributed by atoms with Gasteiger partial charge in [0.05, 0.1) is 18.2 Å².